The Morgan fingerprint density at radius 1 is 1.55 bits per heavy atom. The van der Waals surface area contributed by atoms with E-state index in [1.54, 1.807) is 0 Å². The van der Waals surface area contributed by atoms with Crippen LogP contribution in [0.25, 0.3) is 0 Å². The molecule has 1 aliphatic rings. The maximum absolute atomic E-state index is 5.89. The average Bonchev–Trinajstić information content (AvgIpc) is 2.07. The van der Waals surface area contributed by atoms with Gasteiger partial charge in [0, 0.05) is 18.1 Å². The molecule has 1 atom stereocenters. The highest BCUT2D eigenvalue weighted by molar-refractivity contribution is 4.94. The van der Waals surface area contributed by atoms with Gasteiger partial charge in [-0.1, -0.05) is 6.92 Å². The quantitative estimate of drug-likeness (QED) is 0.651. The minimum Gasteiger partial charge on any atom is -0.326 e. The van der Waals surface area contributed by atoms with Gasteiger partial charge < -0.3 is 5.73 Å². The van der Waals surface area contributed by atoms with E-state index in [9.17, 15) is 0 Å². The highest BCUT2D eigenvalue weighted by atomic mass is 15.2. The first-order valence-corrected chi connectivity index (χ1v) is 4.57. The summed E-state index contributed by atoms with van der Waals surface area (Å²) in [6.07, 6.45) is 2.38. The van der Waals surface area contributed by atoms with Crippen LogP contribution in [0.5, 0.6) is 0 Å². The van der Waals surface area contributed by atoms with E-state index in [0.717, 1.165) is 13.0 Å². The van der Waals surface area contributed by atoms with Gasteiger partial charge in [-0.2, -0.15) is 0 Å². The molecule has 0 amide bonds. The summed E-state index contributed by atoms with van der Waals surface area (Å²) in [5.41, 5.74) is 6.23. The monoisotopic (exact) mass is 156 g/mol. The molecule has 2 nitrogen and oxygen atoms in total. The lowest BCUT2D eigenvalue weighted by molar-refractivity contribution is 0.175. The van der Waals surface area contributed by atoms with Crippen molar-refractivity contribution in [2.24, 2.45) is 5.73 Å². The zero-order chi connectivity index (χ0) is 8.48. The van der Waals surface area contributed by atoms with Crippen LogP contribution in [-0.4, -0.2) is 29.6 Å². The van der Waals surface area contributed by atoms with Crippen molar-refractivity contribution in [1.29, 1.82) is 0 Å². The van der Waals surface area contributed by atoms with Gasteiger partial charge in [0.2, 0.25) is 0 Å². The number of likely N-dealkylation sites (tertiary alicyclic amines) is 1. The second-order valence-electron chi connectivity index (χ2n) is 4.22. The summed E-state index contributed by atoms with van der Waals surface area (Å²) in [5, 5.41) is 0. The predicted octanol–water partition coefficient (Wildman–Crippen LogP) is 1.21. The van der Waals surface area contributed by atoms with Gasteiger partial charge in [-0.15, -0.1) is 0 Å². The van der Waals surface area contributed by atoms with Crippen LogP contribution in [0.1, 0.15) is 33.6 Å². The van der Waals surface area contributed by atoms with E-state index < -0.39 is 0 Å². The molecule has 0 spiro atoms. The third kappa shape index (κ3) is 1.94. The van der Waals surface area contributed by atoms with Crippen molar-refractivity contribution in [1.82, 2.24) is 4.90 Å². The van der Waals surface area contributed by atoms with Crippen molar-refractivity contribution in [3.8, 4) is 0 Å². The van der Waals surface area contributed by atoms with Crippen LogP contribution in [0, 0.1) is 0 Å². The maximum Gasteiger partial charge on any atom is 0.0185 e. The molecule has 0 aromatic heterocycles. The number of hydrogen-bond donors (Lipinski definition) is 1. The van der Waals surface area contributed by atoms with Crippen molar-refractivity contribution >= 4 is 0 Å². The van der Waals surface area contributed by atoms with Crippen molar-refractivity contribution < 1.29 is 0 Å². The number of rotatable bonds is 2. The molecule has 1 saturated heterocycles. The Labute approximate surface area is 69.8 Å². The van der Waals surface area contributed by atoms with Gasteiger partial charge in [0.15, 0.2) is 0 Å². The van der Waals surface area contributed by atoms with Crippen molar-refractivity contribution in [3.05, 3.63) is 0 Å². The smallest absolute Gasteiger partial charge is 0.0185 e. The van der Waals surface area contributed by atoms with Crippen LogP contribution in [0.2, 0.25) is 0 Å². The Balaban J connectivity index is 2.51. The number of nitrogens with zero attached hydrogens (tertiary/aromatic N) is 1. The van der Waals surface area contributed by atoms with E-state index in [-0.39, 0.29) is 0 Å². The van der Waals surface area contributed by atoms with Gasteiger partial charge in [0.25, 0.3) is 0 Å². The molecule has 1 heterocycles. The first-order valence-electron chi connectivity index (χ1n) is 4.57. The molecule has 1 aliphatic heterocycles. The molecule has 1 rings (SSSR count). The maximum atomic E-state index is 5.89. The molecule has 11 heavy (non-hydrogen) atoms. The second kappa shape index (κ2) is 3.11. The van der Waals surface area contributed by atoms with Crippen molar-refractivity contribution in [3.63, 3.8) is 0 Å². The van der Waals surface area contributed by atoms with E-state index in [1.165, 1.54) is 13.0 Å². The highest BCUT2D eigenvalue weighted by Crippen LogP contribution is 2.27. The van der Waals surface area contributed by atoms with E-state index in [4.69, 9.17) is 5.73 Å². The number of nitrogens with two attached hydrogens (primary N) is 1. The normalized spacial score (nSPS) is 31.1. The summed E-state index contributed by atoms with van der Waals surface area (Å²) in [7, 11) is 0. The molecule has 66 valence electrons. The highest BCUT2D eigenvalue weighted by Gasteiger charge is 2.35. The fourth-order valence-electron chi connectivity index (χ4n) is 2.03. The Morgan fingerprint density at radius 3 is 2.55 bits per heavy atom. The average molecular weight is 156 g/mol. The Bertz CT molecular complexity index is 132. The fourth-order valence-corrected chi connectivity index (χ4v) is 2.03. The minimum absolute atomic E-state index is 0.343. The van der Waals surface area contributed by atoms with E-state index in [0.29, 0.717) is 11.6 Å². The summed E-state index contributed by atoms with van der Waals surface area (Å²) in [5.74, 6) is 0. The van der Waals surface area contributed by atoms with Gasteiger partial charge >= 0.3 is 0 Å². The topological polar surface area (TPSA) is 29.3 Å². The summed E-state index contributed by atoms with van der Waals surface area (Å²) >= 11 is 0. The third-order valence-electron chi connectivity index (χ3n) is 2.57. The van der Waals surface area contributed by atoms with Gasteiger partial charge in [0.1, 0.15) is 0 Å². The lowest BCUT2D eigenvalue weighted by atomic mass is 10.0. The first-order chi connectivity index (χ1) is 5.06. The first kappa shape index (κ1) is 9.01. The molecular formula is C9H20N2. The molecule has 0 aromatic rings. The van der Waals surface area contributed by atoms with Gasteiger partial charge in [-0.3, -0.25) is 4.90 Å². The molecular weight excluding hydrogens is 136 g/mol. The van der Waals surface area contributed by atoms with Crippen LogP contribution in [-0.2, 0) is 0 Å². The predicted molar refractivity (Wildman–Crippen MR) is 48.5 cm³/mol. The SMILES string of the molecule is CCCN1CC(N)CC1(C)C. The van der Waals surface area contributed by atoms with Crippen LogP contribution in [0.15, 0.2) is 0 Å². The Kier molecular flexibility index (Phi) is 2.55. The molecule has 2 N–H and O–H groups in total. The minimum atomic E-state index is 0.343. The molecule has 1 fully saturated rings. The zero-order valence-electron chi connectivity index (χ0n) is 7.93. The molecule has 0 radical (unpaired) electrons. The van der Waals surface area contributed by atoms with Crippen LogP contribution >= 0.6 is 0 Å². The summed E-state index contributed by atoms with van der Waals surface area (Å²) < 4.78 is 0. The molecule has 0 saturated carbocycles. The number of hydrogen-bond acceptors (Lipinski definition) is 2. The fraction of sp³-hybridized carbons (Fsp3) is 1.00. The lowest BCUT2D eigenvalue weighted by Crippen LogP contribution is -2.38. The van der Waals surface area contributed by atoms with Crippen molar-refractivity contribution in [2.75, 3.05) is 13.1 Å². The standard InChI is InChI=1S/C9H20N2/c1-4-5-11-7-8(10)6-9(11,2)3/h8H,4-7,10H2,1-3H3. The van der Waals surface area contributed by atoms with Crippen LogP contribution < -0.4 is 5.73 Å². The third-order valence-corrected chi connectivity index (χ3v) is 2.57. The lowest BCUT2D eigenvalue weighted by Gasteiger charge is -2.30. The summed E-state index contributed by atoms with van der Waals surface area (Å²) in [4.78, 5) is 2.50. The molecule has 0 aromatic carbocycles. The van der Waals surface area contributed by atoms with Crippen LogP contribution in [0.3, 0.4) is 0 Å². The Hall–Kier alpha value is -0.0800. The van der Waals surface area contributed by atoms with E-state index >= 15 is 0 Å². The zero-order valence-corrected chi connectivity index (χ0v) is 7.93. The largest absolute Gasteiger partial charge is 0.326 e. The Morgan fingerprint density at radius 2 is 2.18 bits per heavy atom. The van der Waals surface area contributed by atoms with Crippen molar-refractivity contribution in [2.45, 2.75) is 45.2 Å². The summed E-state index contributed by atoms with van der Waals surface area (Å²) in [6, 6.07) is 0.400. The van der Waals surface area contributed by atoms with E-state index in [2.05, 4.69) is 25.7 Å². The van der Waals surface area contributed by atoms with Gasteiger partial charge in [0.05, 0.1) is 0 Å². The van der Waals surface area contributed by atoms with E-state index in [1.807, 2.05) is 0 Å². The summed E-state index contributed by atoms with van der Waals surface area (Å²) in [6.45, 7) is 9.08. The van der Waals surface area contributed by atoms with Gasteiger partial charge in [-0.25, -0.2) is 0 Å². The second-order valence-corrected chi connectivity index (χ2v) is 4.22. The molecule has 1 unspecified atom stereocenters. The molecule has 2 heteroatoms. The van der Waals surface area contributed by atoms with Gasteiger partial charge in [-0.05, 0) is 33.2 Å². The molecule has 0 aliphatic carbocycles. The van der Waals surface area contributed by atoms with Crippen LogP contribution in [0.4, 0.5) is 0 Å². The molecule has 0 bridgehead atoms.